The molecule has 0 aliphatic carbocycles. The van der Waals surface area contributed by atoms with Gasteiger partial charge in [0.15, 0.2) is 29.6 Å². The fourth-order valence-electron chi connectivity index (χ4n) is 4.45. The Morgan fingerprint density at radius 3 is 2.46 bits per heavy atom. The van der Waals surface area contributed by atoms with E-state index in [9.17, 15) is 14.4 Å². The van der Waals surface area contributed by atoms with Gasteiger partial charge in [-0.25, -0.2) is 15.0 Å². The van der Waals surface area contributed by atoms with E-state index in [0.717, 1.165) is 10.0 Å². The number of hydrazone groups is 1. The van der Waals surface area contributed by atoms with Crippen LogP contribution in [0, 0.1) is 0 Å². The maximum atomic E-state index is 12.6. The zero-order valence-electron chi connectivity index (χ0n) is 25.4. The van der Waals surface area contributed by atoms with Crippen LogP contribution in [0.25, 0.3) is 0 Å². The number of hydrogen-bond donors (Lipinski definition) is 3. The van der Waals surface area contributed by atoms with E-state index in [1.54, 1.807) is 44.2 Å². The third-order valence-electron chi connectivity index (χ3n) is 6.60. The Balaban J connectivity index is 1.37. The molecule has 242 valence electrons. The number of hydrogen-bond acceptors (Lipinski definition) is 9. The minimum absolute atomic E-state index is 0.176. The van der Waals surface area contributed by atoms with E-state index < -0.39 is 23.9 Å². The summed E-state index contributed by atoms with van der Waals surface area (Å²) in [5.74, 6) is 0.234. The molecule has 3 aromatic carbocycles. The number of ether oxygens (including phenoxy) is 5. The van der Waals surface area contributed by atoms with Crippen molar-refractivity contribution in [2.24, 2.45) is 5.10 Å². The van der Waals surface area contributed by atoms with Gasteiger partial charge in [0.05, 0.1) is 43.7 Å². The van der Waals surface area contributed by atoms with Gasteiger partial charge in [-0.05, 0) is 66.9 Å². The van der Waals surface area contributed by atoms with Crippen LogP contribution in [0.3, 0.4) is 0 Å². The Kier molecular flexibility index (Phi) is 11.9. The number of allylic oxidation sites excluding steroid dienone is 1. The van der Waals surface area contributed by atoms with E-state index in [-0.39, 0.29) is 30.3 Å². The van der Waals surface area contributed by atoms with Gasteiger partial charge in [-0.2, -0.15) is 5.10 Å². The smallest absolute Gasteiger partial charge is 0.338 e. The van der Waals surface area contributed by atoms with Crippen molar-refractivity contribution in [2.45, 2.75) is 26.5 Å². The maximum absolute atomic E-state index is 12.6. The molecule has 0 bridgehead atoms. The van der Waals surface area contributed by atoms with Gasteiger partial charge in [0.2, 0.25) is 0 Å². The second kappa shape index (κ2) is 16.0. The Hall–Kier alpha value is -4.75. The van der Waals surface area contributed by atoms with Crippen molar-refractivity contribution >= 4 is 51.7 Å². The first-order valence-corrected chi connectivity index (χ1v) is 15.1. The largest absolute Gasteiger partial charge is 0.493 e. The number of amides is 3. The molecule has 0 fully saturated rings. The molecule has 3 amide bonds. The zero-order valence-corrected chi connectivity index (χ0v) is 27.8. The number of methoxy groups -OCH3 is 2. The van der Waals surface area contributed by atoms with Gasteiger partial charge in [0.25, 0.3) is 5.91 Å². The predicted octanol–water partition coefficient (Wildman–Crippen LogP) is 5.42. The molecule has 3 aromatic rings. The van der Waals surface area contributed by atoms with Gasteiger partial charge < -0.3 is 34.3 Å². The third-order valence-corrected chi connectivity index (χ3v) is 7.40. The second-order valence-corrected chi connectivity index (χ2v) is 11.1. The topological polar surface area (TPSA) is 146 Å². The SMILES string of the molecule is CCOC(=O)C1=C(C)NC(=O)N[C@H]1c1ccc(OCC(=O)N/N=C\c2cc(Cl)c(OCc3ccc(Br)cc3)c(OC)c2)c(OC)c1. The molecule has 1 atom stereocenters. The number of nitrogens with zero attached hydrogens (tertiary/aromatic N) is 1. The molecule has 1 aliphatic rings. The number of benzene rings is 3. The Morgan fingerprint density at radius 2 is 1.76 bits per heavy atom. The monoisotopic (exact) mass is 714 g/mol. The van der Waals surface area contributed by atoms with Crippen molar-refractivity contribution < 1.29 is 38.1 Å². The number of rotatable bonds is 13. The molecule has 0 saturated heterocycles. The molecule has 14 heteroatoms. The molecule has 12 nitrogen and oxygen atoms in total. The van der Waals surface area contributed by atoms with Gasteiger partial charge in [-0.1, -0.05) is 45.7 Å². The summed E-state index contributed by atoms with van der Waals surface area (Å²) in [6, 6.07) is 14.6. The molecule has 4 rings (SSSR count). The van der Waals surface area contributed by atoms with Crippen LogP contribution in [0.5, 0.6) is 23.0 Å². The molecule has 46 heavy (non-hydrogen) atoms. The number of halogens is 2. The van der Waals surface area contributed by atoms with Gasteiger partial charge in [0.1, 0.15) is 6.61 Å². The van der Waals surface area contributed by atoms with Gasteiger partial charge in [-0.15, -0.1) is 0 Å². The normalized spacial score (nSPS) is 14.3. The van der Waals surface area contributed by atoms with Crippen LogP contribution in [-0.2, 0) is 20.9 Å². The lowest BCUT2D eigenvalue weighted by atomic mass is 9.95. The predicted molar refractivity (Wildman–Crippen MR) is 174 cm³/mol. The van der Waals surface area contributed by atoms with Crippen LogP contribution in [0.2, 0.25) is 5.02 Å². The van der Waals surface area contributed by atoms with Crippen LogP contribution in [0.1, 0.15) is 36.6 Å². The van der Waals surface area contributed by atoms with Crippen molar-refractivity contribution in [1.29, 1.82) is 0 Å². The lowest BCUT2D eigenvalue weighted by Crippen LogP contribution is -2.45. The van der Waals surface area contributed by atoms with Crippen molar-refractivity contribution in [3.8, 4) is 23.0 Å². The van der Waals surface area contributed by atoms with Crippen molar-refractivity contribution in [3.63, 3.8) is 0 Å². The number of carbonyl (C=O) groups excluding carboxylic acids is 3. The van der Waals surface area contributed by atoms with E-state index in [1.807, 2.05) is 24.3 Å². The van der Waals surface area contributed by atoms with Gasteiger partial charge in [-0.3, -0.25) is 4.79 Å². The minimum Gasteiger partial charge on any atom is -0.493 e. The van der Waals surface area contributed by atoms with Crippen LogP contribution in [0.4, 0.5) is 4.79 Å². The van der Waals surface area contributed by atoms with E-state index >= 15 is 0 Å². The molecule has 3 N–H and O–H groups in total. The maximum Gasteiger partial charge on any atom is 0.338 e. The van der Waals surface area contributed by atoms with Crippen molar-refractivity contribution in [2.75, 3.05) is 27.4 Å². The fraction of sp³-hybridized carbons (Fsp3) is 0.250. The highest BCUT2D eigenvalue weighted by Crippen LogP contribution is 2.37. The van der Waals surface area contributed by atoms with Crippen molar-refractivity contribution in [3.05, 3.63) is 92.1 Å². The zero-order chi connectivity index (χ0) is 33.2. The summed E-state index contributed by atoms with van der Waals surface area (Å²) in [4.78, 5) is 37.3. The lowest BCUT2D eigenvalue weighted by Gasteiger charge is -2.28. The molecule has 1 aliphatic heterocycles. The standard InChI is InChI=1S/C32H32BrClN4O8/c1-5-44-31(40)28-18(2)36-32(41)37-29(28)21-8-11-24(25(14-21)42-3)45-17-27(39)38-35-15-20-12-23(34)30(26(13-20)43-4)46-16-19-6-9-22(33)10-7-19/h6-15,29H,5,16-17H2,1-4H3,(H,38,39)(H2,36,37,41)/b35-15-/t29-/m0/s1. The lowest BCUT2D eigenvalue weighted by molar-refractivity contribution is -0.139. The average molecular weight is 716 g/mol. The first kappa shape index (κ1) is 34.1. The third kappa shape index (κ3) is 8.70. The summed E-state index contributed by atoms with van der Waals surface area (Å²) in [5, 5.41) is 9.61. The molecule has 0 spiro atoms. The number of nitrogens with one attached hydrogen (secondary N) is 3. The molecule has 0 saturated carbocycles. The van der Waals surface area contributed by atoms with Gasteiger partial charge >= 0.3 is 12.0 Å². The van der Waals surface area contributed by atoms with E-state index in [4.69, 9.17) is 35.3 Å². The summed E-state index contributed by atoms with van der Waals surface area (Å²) in [6.07, 6.45) is 1.41. The highest BCUT2D eigenvalue weighted by molar-refractivity contribution is 9.10. The number of carbonyl (C=O) groups is 3. The van der Waals surface area contributed by atoms with E-state index in [1.165, 1.54) is 20.4 Å². The Morgan fingerprint density at radius 1 is 1.02 bits per heavy atom. The highest BCUT2D eigenvalue weighted by atomic mass is 79.9. The molecule has 0 aromatic heterocycles. The molecule has 1 heterocycles. The molecule has 0 radical (unpaired) electrons. The summed E-state index contributed by atoms with van der Waals surface area (Å²) in [6.45, 7) is 3.41. The molecular weight excluding hydrogens is 684 g/mol. The van der Waals surface area contributed by atoms with E-state index in [0.29, 0.717) is 40.0 Å². The van der Waals surface area contributed by atoms with Crippen LogP contribution in [0.15, 0.2) is 75.4 Å². The first-order valence-electron chi connectivity index (χ1n) is 14.0. The summed E-state index contributed by atoms with van der Waals surface area (Å²) < 4.78 is 28.6. The summed E-state index contributed by atoms with van der Waals surface area (Å²) >= 11 is 9.87. The van der Waals surface area contributed by atoms with Gasteiger partial charge in [0, 0.05) is 10.2 Å². The van der Waals surface area contributed by atoms with Crippen LogP contribution in [-0.4, -0.2) is 51.6 Å². The molecule has 0 unspecified atom stereocenters. The quantitative estimate of drug-likeness (QED) is 0.121. The average Bonchev–Trinajstić information content (AvgIpc) is 3.03. The summed E-state index contributed by atoms with van der Waals surface area (Å²) in [5.41, 5.74) is 5.11. The second-order valence-electron chi connectivity index (χ2n) is 9.73. The van der Waals surface area contributed by atoms with Crippen molar-refractivity contribution in [1.82, 2.24) is 16.1 Å². The molecular formula is C32H32BrClN4O8. The van der Waals surface area contributed by atoms with E-state index in [2.05, 4.69) is 37.1 Å². The Labute approximate surface area is 279 Å². The summed E-state index contributed by atoms with van der Waals surface area (Å²) in [7, 11) is 2.93. The van der Waals surface area contributed by atoms with Crippen LogP contribution >= 0.6 is 27.5 Å². The highest BCUT2D eigenvalue weighted by Gasteiger charge is 2.32. The number of esters is 1. The van der Waals surface area contributed by atoms with Crippen LogP contribution < -0.4 is 35.0 Å². The number of urea groups is 1. The Bertz CT molecular complexity index is 1660. The first-order chi connectivity index (χ1) is 22.1. The fourth-order valence-corrected chi connectivity index (χ4v) is 4.99. The minimum atomic E-state index is -0.785.